The van der Waals surface area contributed by atoms with E-state index in [0.29, 0.717) is 12.0 Å². The SMILES string of the molecule is C[C@@H](C(=O)N1C[C@@H]2C[C@H]1CN2c1ccnc(C2CCC2)n1)n1cnnn1. The molecule has 2 aromatic heterocycles. The summed E-state index contributed by atoms with van der Waals surface area (Å²) in [7, 11) is 0. The van der Waals surface area contributed by atoms with Crippen molar-refractivity contribution in [3.63, 3.8) is 0 Å². The quantitative estimate of drug-likeness (QED) is 0.801. The van der Waals surface area contributed by atoms with Gasteiger partial charge in [0.25, 0.3) is 0 Å². The Labute approximate surface area is 151 Å². The van der Waals surface area contributed by atoms with E-state index in [1.54, 1.807) is 0 Å². The Hall–Kier alpha value is -2.58. The third kappa shape index (κ3) is 2.45. The second-order valence-electron chi connectivity index (χ2n) is 7.55. The number of rotatable bonds is 4. The lowest BCUT2D eigenvalue weighted by Crippen LogP contribution is -2.50. The first-order valence-corrected chi connectivity index (χ1v) is 9.33. The number of anilines is 1. The van der Waals surface area contributed by atoms with Crippen molar-refractivity contribution >= 4 is 11.7 Å². The van der Waals surface area contributed by atoms with Gasteiger partial charge in [0.1, 0.15) is 24.0 Å². The highest BCUT2D eigenvalue weighted by molar-refractivity contribution is 5.81. The van der Waals surface area contributed by atoms with Gasteiger partial charge in [-0.25, -0.2) is 14.6 Å². The van der Waals surface area contributed by atoms with Crippen LogP contribution in [-0.2, 0) is 4.79 Å². The molecule has 2 aliphatic heterocycles. The van der Waals surface area contributed by atoms with Crippen molar-refractivity contribution in [1.29, 1.82) is 0 Å². The van der Waals surface area contributed by atoms with E-state index in [4.69, 9.17) is 4.98 Å². The molecule has 2 bridgehead atoms. The summed E-state index contributed by atoms with van der Waals surface area (Å²) in [5, 5.41) is 11.1. The Morgan fingerprint density at radius 2 is 2.15 bits per heavy atom. The summed E-state index contributed by atoms with van der Waals surface area (Å²) in [6.07, 6.45) is 8.05. The molecular weight excluding hydrogens is 332 g/mol. The molecule has 0 spiro atoms. The Morgan fingerprint density at radius 3 is 2.81 bits per heavy atom. The van der Waals surface area contributed by atoms with Crippen LogP contribution in [0.5, 0.6) is 0 Å². The van der Waals surface area contributed by atoms with Crippen LogP contribution in [-0.4, -0.2) is 66.2 Å². The van der Waals surface area contributed by atoms with Gasteiger partial charge in [-0.1, -0.05) is 6.42 Å². The fourth-order valence-corrected chi connectivity index (χ4v) is 4.30. The monoisotopic (exact) mass is 354 g/mol. The van der Waals surface area contributed by atoms with Gasteiger partial charge in [0.2, 0.25) is 5.91 Å². The molecule has 3 fully saturated rings. The van der Waals surface area contributed by atoms with E-state index in [9.17, 15) is 4.79 Å². The van der Waals surface area contributed by atoms with E-state index >= 15 is 0 Å². The van der Waals surface area contributed by atoms with Gasteiger partial charge < -0.3 is 9.80 Å². The summed E-state index contributed by atoms with van der Waals surface area (Å²) in [5.41, 5.74) is 0. The zero-order chi connectivity index (χ0) is 17.7. The maximum absolute atomic E-state index is 12.8. The molecule has 1 saturated carbocycles. The minimum atomic E-state index is -0.373. The summed E-state index contributed by atoms with van der Waals surface area (Å²) >= 11 is 0. The van der Waals surface area contributed by atoms with Crippen LogP contribution >= 0.6 is 0 Å². The highest BCUT2D eigenvalue weighted by atomic mass is 16.2. The normalized spacial score (nSPS) is 26.2. The van der Waals surface area contributed by atoms with Gasteiger partial charge in [-0.05, 0) is 42.7 Å². The van der Waals surface area contributed by atoms with Crippen molar-refractivity contribution in [2.75, 3.05) is 18.0 Å². The van der Waals surface area contributed by atoms with Crippen molar-refractivity contribution in [3.05, 3.63) is 24.4 Å². The van der Waals surface area contributed by atoms with Crippen molar-refractivity contribution in [1.82, 2.24) is 35.1 Å². The van der Waals surface area contributed by atoms with Crippen molar-refractivity contribution in [3.8, 4) is 0 Å². The van der Waals surface area contributed by atoms with E-state index in [-0.39, 0.29) is 18.0 Å². The summed E-state index contributed by atoms with van der Waals surface area (Å²) in [6.45, 7) is 3.41. The molecule has 0 N–H and O–H groups in total. The van der Waals surface area contributed by atoms with E-state index < -0.39 is 0 Å². The summed E-state index contributed by atoms with van der Waals surface area (Å²) in [4.78, 5) is 26.5. The second kappa shape index (κ2) is 6.00. The minimum Gasteiger partial charge on any atom is -0.350 e. The Kier molecular flexibility index (Phi) is 3.61. The van der Waals surface area contributed by atoms with Crippen molar-refractivity contribution in [2.24, 2.45) is 0 Å². The molecule has 136 valence electrons. The van der Waals surface area contributed by atoms with Gasteiger partial charge in [-0.15, -0.1) is 5.10 Å². The predicted octanol–water partition coefficient (Wildman–Crippen LogP) is 0.781. The topological polar surface area (TPSA) is 92.9 Å². The molecule has 5 rings (SSSR count). The molecule has 3 atom stereocenters. The average molecular weight is 354 g/mol. The largest absolute Gasteiger partial charge is 0.350 e. The minimum absolute atomic E-state index is 0.0855. The number of hydrogen-bond donors (Lipinski definition) is 0. The number of hydrogen-bond acceptors (Lipinski definition) is 7. The maximum Gasteiger partial charge on any atom is 0.247 e. The van der Waals surface area contributed by atoms with Crippen LogP contribution in [0.25, 0.3) is 0 Å². The number of nitrogens with zero attached hydrogens (tertiary/aromatic N) is 8. The zero-order valence-electron chi connectivity index (χ0n) is 14.8. The molecule has 1 aliphatic carbocycles. The third-order valence-electron chi connectivity index (χ3n) is 6.07. The van der Waals surface area contributed by atoms with Crippen LogP contribution in [0.2, 0.25) is 0 Å². The van der Waals surface area contributed by atoms with Crippen LogP contribution in [0, 0.1) is 0 Å². The van der Waals surface area contributed by atoms with E-state index in [1.807, 2.05) is 24.1 Å². The number of piperazine rings is 1. The molecular formula is C17H22N8O. The highest BCUT2D eigenvalue weighted by Gasteiger charge is 2.46. The smallest absolute Gasteiger partial charge is 0.247 e. The third-order valence-corrected chi connectivity index (χ3v) is 6.07. The number of likely N-dealkylation sites (tertiary alicyclic amines) is 1. The first-order chi connectivity index (χ1) is 12.7. The van der Waals surface area contributed by atoms with Gasteiger partial charge >= 0.3 is 0 Å². The first kappa shape index (κ1) is 15.7. The zero-order valence-corrected chi connectivity index (χ0v) is 14.8. The first-order valence-electron chi connectivity index (χ1n) is 9.33. The van der Waals surface area contributed by atoms with Gasteiger partial charge in [-0.3, -0.25) is 4.79 Å². The molecule has 4 heterocycles. The lowest BCUT2D eigenvalue weighted by Gasteiger charge is -2.36. The van der Waals surface area contributed by atoms with Crippen LogP contribution in [0.1, 0.15) is 50.4 Å². The second-order valence-corrected chi connectivity index (χ2v) is 7.55. The standard InChI is InChI=1S/C17H22N8O/c1-11(25-10-19-21-22-25)17(26)24-9-13-7-14(24)8-23(13)15-5-6-18-16(20-15)12-3-2-4-12/h5-6,10-14H,2-4,7-9H2,1H3/t11-,13-,14-/m0/s1. The van der Waals surface area contributed by atoms with Crippen molar-refractivity contribution in [2.45, 2.75) is 56.7 Å². The number of aromatic nitrogens is 6. The van der Waals surface area contributed by atoms with Crippen LogP contribution in [0.15, 0.2) is 18.6 Å². The molecule has 0 unspecified atom stereocenters. The van der Waals surface area contributed by atoms with E-state index in [0.717, 1.165) is 31.2 Å². The van der Waals surface area contributed by atoms with E-state index in [1.165, 1.54) is 30.3 Å². The number of carbonyl (C=O) groups excluding carboxylic acids is 1. The van der Waals surface area contributed by atoms with Crippen molar-refractivity contribution < 1.29 is 4.79 Å². The Balaban J connectivity index is 1.29. The number of tetrazole rings is 1. The average Bonchev–Trinajstić information content (AvgIpc) is 3.35. The number of fused-ring (bicyclic) bond motifs is 2. The Bertz CT molecular complexity index is 805. The fourth-order valence-electron chi connectivity index (χ4n) is 4.30. The maximum atomic E-state index is 12.8. The lowest BCUT2D eigenvalue weighted by atomic mass is 9.85. The molecule has 0 aromatic carbocycles. The lowest BCUT2D eigenvalue weighted by molar-refractivity contribution is -0.135. The highest BCUT2D eigenvalue weighted by Crippen LogP contribution is 2.37. The summed E-state index contributed by atoms with van der Waals surface area (Å²) < 4.78 is 1.52. The molecule has 2 aromatic rings. The molecule has 9 heteroatoms. The molecule has 9 nitrogen and oxygen atoms in total. The molecule has 2 saturated heterocycles. The van der Waals surface area contributed by atoms with Gasteiger partial charge in [-0.2, -0.15) is 0 Å². The van der Waals surface area contributed by atoms with Gasteiger partial charge in [0.15, 0.2) is 0 Å². The molecule has 0 radical (unpaired) electrons. The number of carbonyl (C=O) groups is 1. The van der Waals surface area contributed by atoms with Crippen LogP contribution < -0.4 is 4.90 Å². The number of amides is 1. The Morgan fingerprint density at radius 1 is 1.27 bits per heavy atom. The molecule has 1 amide bonds. The van der Waals surface area contributed by atoms with Crippen LogP contribution in [0.4, 0.5) is 5.82 Å². The predicted molar refractivity (Wildman–Crippen MR) is 92.4 cm³/mol. The van der Waals surface area contributed by atoms with Gasteiger partial charge in [0, 0.05) is 25.2 Å². The summed E-state index contributed by atoms with van der Waals surface area (Å²) in [5.74, 6) is 2.61. The summed E-state index contributed by atoms with van der Waals surface area (Å²) in [6, 6.07) is 2.18. The molecule has 26 heavy (non-hydrogen) atoms. The van der Waals surface area contributed by atoms with Gasteiger partial charge in [0.05, 0.1) is 12.1 Å². The molecule has 3 aliphatic rings. The van der Waals surface area contributed by atoms with E-state index in [2.05, 4.69) is 25.4 Å². The fraction of sp³-hybridized carbons (Fsp3) is 0.647. The van der Waals surface area contributed by atoms with Crippen LogP contribution in [0.3, 0.4) is 0 Å².